The second-order valence-electron chi connectivity index (χ2n) is 8.95. The van der Waals surface area contributed by atoms with Crippen molar-refractivity contribution in [2.75, 3.05) is 20.2 Å². The smallest absolute Gasteiger partial charge is 0.416 e. The summed E-state index contributed by atoms with van der Waals surface area (Å²) in [6.07, 6.45) is -1.94. The maximum atomic E-state index is 13.6. The van der Waals surface area contributed by atoms with Gasteiger partial charge in [-0.3, -0.25) is 4.57 Å². The number of carbonyl (C=O) groups is 1. The van der Waals surface area contributed by atoms with Gasteiger partial charge < -0.3 is 19.5 Å². The van der Waals surface area contributed by atoms with E-state index in [1.165, 1.54) is 32.2 Å². The van der Waals surface area contributed by atoms with E-state index in [2.05, 4.69) is 10.3 Å². The van der Waals surface area contributed by atoms with Crippen LogP contribution in [0.25, 0.3) is 16.0 Å². The van der Waals surface area contributed by atoms with Crippen LogP contribution in [0, 0.1) is 0 Å². The number of nitrogens with one attached hydrogen (secondary N) is 1. The Kier molecular flexibility index (Phi) is 7.31. The molecule has 1 N–H and O–H groups in total. The maximum Gasteiger partial charge on any atom is 0.416 e. The Bertz CT molecular complexity index is 1440. The van der Waals surface area contributed by atoms with Crippen LogP contribution in [0.15, 0.2) is 54.9 Å². The third kappa shape index (κ3) is 5.34. The van der Waals surface area contributed by atoms with Crippen LogP contribution in [0.2, 0.25) is 0 Å². The second kappa shape index (κ2) is 10.7. The summed E-state index contributed by atoms with van der Waals surface area (Å²) >= 11 is 1.11. The minimum absolute atomic E-state index is 0.0312. The molecule has 38 heavy (non-hydrogen) atoms. The largest absolute Gasteiger partial charge is 0.490 e. The molecule has 200 valence electrons. The van der Waals surface area contributed by atoms with E-state index in [0.717, 1.165) is 54.4 Å². The number of fused-ring (bicyclic) bond motifs is 1. The van der Waals surface area contributed by atoms with Gasteiger partial charge in [-0.2, -0.15) is 13.2 Å². The lowest BCUT2D eigenvalue weighted by Crippen LogP contribution is -2.34. The highest BCUT2D eigenvalue weighted by Gasteiger charge is 2.35. The Hall–Kier alpha value is -3.57. The van der Waals surface area contributed by atoms with E-state index in [0.29, 0.717) is 10.8 Å². The van der Waals surface area contributed by atoms with Gasteiger partial charge in [0.1, 0.15) is 35.0 Å². The molecule has 0 unspecified atom stereocenters. The lowest BCUT2D eigenvalue weighted by Gasteiger charge is -2.23. The maximum absolute atomic E-state index is 13.6. The molecule has 0 amide bonds. The third-order valence-corrected chi connectivity index (χ3v) is 7.50. The number of benzene rings is 2. The Morgan fingerprint density at radius 2 is 1.92 bits per heavy atom. The van der Waals surface area contributed by atoms with E-state index < -0.39 is 23.8 Å². The van der Waals surface area contributed by atoms with Crippen molar-refractivity contribution in [3.8, 4) is 16.5 Å². The Morgan fingerprint density at radius 1 is 1.16 bits per heavy atom. The van der Waals surface area contributed by atoms with Gasteiger partial charge in [-0.15, -0.1) is 11.3 Å². The van der Waals surface area contributed by atoms with Crippen molar-refractivity contribution in [3.05, 3.63) is 70.9 Å². The highest BCUT2D eigenvalue weighted by Crippen LogP contribution is 2.40. The molecule has 7 nitrogen and oxygen atoms in total. The summed E-state index contributed by atoms with van der Waals surface area (Å²) in [5.74, 6) is 0.196. The second-order valence-corrected chi connectivity index (χ2v) is 9.98. The zero-order valence-corrected chi connectivity index (χ0v) is 21.6. The van der Waals surface area contributed by atoms with Crippen molar-refractivity contribution in [2.45, 2.75) is 38.1 Å². The molecule has 0 aliphatic carbocycles. The van der Waals surface area contributed by atoms with E-state index in [4.69, 9.17) is 14.2 Å². The number of alkyl halides is 3. The molecule has 11 heteroatoms. The fraction of sp³-hybridized carbons (Fsp3) is 0.333. The van der Waals surface area contributed by atoms with Crippen LogP contribution in [0.3, 0.4) is 0 Å². The fourth-order valence-electron chi connectivity index (χ4n) is 4.51. The van der Waals surface area contributed by atoms with Crippen molar-refractivity contribution in [2.24, 2.45) is 0 Å². The quantitative estimate of drug-likeness (QED) is 0.280. The summed E-state index contributed by atoms with van der Waals surface area (Å²) in [6.45, 7) is 3.33. The average Bonchev–Trinajstić information content (AvgIpc) is 3.52. The van der Waals surface area contributed by atoms with Crippen LogP contribution in [0.1, 0.15) is 46.7 Å². The van der Waals surface area contributed by atoms with Gasteiger partial charge in [-0.25, -0.2) is 9.78 Å². The summed E-state index contributed by atoms with van der Waals surface area (Å²) in [5.41, 5.74) is 0.669. The Balaban J connectivity index is 1.48. The molecule has 0 bridgehead atoms. The van der Waals surface area contributed by atoms with Gasteiger partial charge in [0.25, 0.3) is 0 Å². The van der Waals surface area contributed by atoms with Crippen LogP contribution in [-0.4, -0.2) is 41.8 Å². The molecule has 2 aromatic heterocycles. The highest BCUT2D eigenvalue weighted by atomic mass is 32.1. The van der Waals surface area contributed by atoms with Crippen molar-refractivity contribution < 1.29 is 32.2 Å². The lowest BCUT2D eigenvalue weighted by molar-refractivity contribution is -0.139. The molecule has 0 saturated carbocycles. The first kappa shape index (κ1) is 26.1. The SMILES string of the molecule is COC(=O)c1sc(-n2cnc3ccc(OC4CCNCC4)cc32)cc1O[C@H](C)c1ccccc1C(F)(F)F. The van der Waals surface area contributed by atoms with Crippen molar-refractivity contribution in [1.29, 1.82) is 0 Å². The Labute approximate surface area is 221 Å². The number of ether oxygens (including phenoxy) is 3. The summed E-state index contributed by atoms with van der Waals surface area (Å²) in [5, 5.41) is 3.91. The van der Waals surface area contributed by atoms with Gasteiger partial charge in [0.05, 0.1) is 23.7 Å². The Morgan fingerprint density at radius 3 is 2.66 bits per heavy atom. The highest BCUT2D eigenvalue weighted by molar-refractivity contribution is 7.16. The molecule has 1 atom stereocenters. The molecule has 5 rings (SSSR count). The number of esters is 1. The summed E-state index contributed by atoms with van der Waals surface area (Å²) in [7, 11) is 1.24. The number of piperidine rings is 1. The third-order valence-electron chi connectivity index (χ3n) is 6.41. The topological polar surface area (TPSA) is 74.6 Å². The summed E-state index contributed by atoms with van der Waals surface area (Å²) < 4.78 is 59.6. The fourth-order valence-corrected chi connectivity index (χ4v) is 5.50. The van der Waals surface area contributed by atoms with Crippen molar-refractivity contribution in [1.82, 2.24) is 14.9 Å². The first-order valence-electron chi connectivity index (χ1n) is 12.1. The average molecular weight is 546 g/mol. The van der Waals surface area contributed by atoms with E-state index in [1.807, 2.05) is 18.2 Å². The van der Waals surface area contributed by atoms with Crippen LogP contribution in [0.5, 0.6) is 11.5 Å². The van der Waals surface area contributed by atoms with E-state index in [9.17, 15) is 18.0 Å². The lowest BCUT2D eigenvalue weighted by atomic mass is 10.0. The minimum Gasteiger partial charge on any atom is -0.490 e. The number of rotatable bonds is 7. The number of aromatic nitrogens is 2. The number of methoxy groups -OCH3 is 1. The molecule has 2 aromatic carbocycles. The predicted octanol–water partition coefficient (Wildman–Crippen LogP) is 6.16. The number of nitrogens with zero attached hydrogens (tertiary/aromatic N) is 2. The number of imidazole rings is 1. The standard InChI is InChI=1S/C27H26F3N3O4S/c1-16(19-5-3-4-6-20(19)27(28,29)30)36-23-14-24(38-25(23)26(34)35-2)33-15-32-21-8-7-18(13-22(21)33)37-17-9-11-31-12-10-17/h3-8,13-17,31H,9-12H2,1-2H3/t16-/m1/s1. The van der Waals surface area contributed by atoms with Gasteiger partial charge in [0.15, 0.2) is 4.88 Å². The summed E-state index contributed by atoms with van der Waals surface area (Å²) in [4.78, 5) is 17.2. The first-order valence-corrected chi connectivity index (χ1v) is 13.0. The molecule has 0 spiro atoms. The van der Waals surface area contributed by atoms with Gasteiger partial charge in [0.2, 0.25) is 0 Å². The van der Waals surface area contributed by atoms with Crippen molar-refractivity contribution in [3.63, 3.8) is 0 Å². The molecule has 1 aliphatic rings. The van der Waals surface area contributed by atoms with E-state index in [-0.39, 0.29) is 22.3 Å². The number of carbonyl (C=O) groups excluding carboxylic acids is 1. The monoisotopic (exact) mass is 545 g/mol. The predicted molar refractivity (Wildman–Crippen MR) is 137 cm³/mol. The van der Waals surface area contributed by atoms with Crippen LogP contribution >= 0.6 is 11.3 Å². The van der Waals surface area contributed by atoms with Crippen LogP contribution in [0.4, 0.5) is 13.2 Å². The van der Waals surface area contributed by atoms with E-state index in [1.54, 1.807) is 17.0 Å². The van der Waals surface area contributed by atoms with Crippen LogP contribution < -0.4 is 14.8 Å². The molecule has 4 aromatic rings. The molecular formula is C27H26F3N3O4S. The van der Waals surface area contributed by atoms with Gasteiger partial charge in [-0.05, 0) is 51.1 Å². The molecular weight excluding hydrogens is 519 g/mol. The van der Waals surface area contributed by atoms with E-state index >= 15 is 0 Å². The van der Waals surface area contributed by atoms with Crippen molar-refractivity contribution >= 4 is 28.3 Å². The van der Waals surface area contributed by atoms with Crippen LogP contribution in [-0.2, 0) is 10.9 Å². The molecule has 0 radical (unpaired) electrons. The number of thiophene rings is 1. The van der Waals surface area contributed by atoms with Gasteiger partial charge in [-0.1, -0.05) is 18.2 Å². The molecule has 1 saturated heterocycles. The minimum atomic E-state index is -4.54. The molecule has 3 heterocycles. The molecule has 1 aliphatic heterocycles. The number of halogens is 3. The number of hydrogen-bond donors (Lipinski definition) is 1. The first-order chi connectivity index (χ1) is 18.2. The zero-order valence-electron chi connectivity index (χ0n) is 20.7. The van der Waals surface area contributed by atoms with Gasteiger partial charge in [0, 0.05) is 17.7 Å². The number of hydrogen-bond acceptors (Lipinski definition) is 7. The summed E-state index contributed by atoms with van der Waals surface area (Å²) in [6, 6.07) is 12.5. The zero-order chi connectivity index (χ0) is 26.9. The van der Waals surface area contributed by atoms with Gasteiger partial charge >= 0.3 is 12.1 Å². The molecule has 1 fully saturated rings. The normalized spacial score (nSPS) is 15.4.